The Morgan fingerprint density at radius 2 is 2.41 bits per heavy atom. The molecule has 0 saturated carbocycles. The monoisotopic (exact) mass is 238 g/mol. The Balaban J connectivity index is 2.58. The van der Waals surface area contributed by atoms with Crippen LogP contribution in [0.1, 0.15) is 23.7 Å². The molecule has 0 saturated heterocycles. The minimum Gasteiger partial charge on any atom is -0.494 e. The predicted molar refractivity (Wildman–Crippen MR) is 64.0 cm³/mol. The molecule has 0 radical (unpaired) electrons. The van der Waals surface area contributed by atoms with Crippen molar-refractivity contribution in [2.75, 3.05) is 20.3 Å². The third kappa shape index (κ3) is 4.03. The Hall–Kier alpha value is -1.62. The van der Waals surface area contributed by atoms with Crippen LogP contribution in [0.2, 0.25) is 0 Å². The van der Waals surface area contributed by atoms with Crippen LogP contribution in [0.5, 0.6) is 5.75 Å². The van der Waals surface area contributed by atoms with E-state index < -0.39 is 0 Å². The molecule has 5 heteroatoms. The predicted octanol–water partition coefficient (Wildman–Crippen LogP) is 0.838. The van der Waals surface area contributed by atoms with Crippen LogP contribution in [-0.2, 0) is 0 Å². The van der Waals surface area contributed by atoms with Crippen LogP contribution in [0.3, 0.4) is 0 Å². The number of carbonyl (C=O) groups excluding carboxylic acids is 1. The zero-order valence-electron chi connectivity index (χ0n) is 10.1. The summed E-state index contributed by atoms with van der Waals surface area (Å²) in [5.41, 5.74) is 0.471. The van der Waals surface area contributed by atoms with Crippen molar-refractivity contribution in [1.82, 2.24) is 10.3 Å². The molecule has 2 N–H and O–H groups in total. The number of amides is 1. The van der Waals surface area contributed by atoms with Crippen LogP contribution in [0, 0.1) is 5.92 Å². The third-order valence-corrected chi connectivity index (χ3v) is 2.48. The van der Waals surface area contributed by atoms with Gasteiger partial charge in [-0.2, -0.15) is 0 Å². The van der Waals surface area contributed by atoms with Crippen molar-refractivity contribution < 1.29 is 14.6 Å². The average Bonchev–Trinajstić information content (AvgIpc) is 2.36. The van der Waals surface area contributed by atoms with Gasteiger partial charge in [-0.25, -0.2) is 0 Å². The molecule has 1 amide bonds. The molecule has 0 aromatic carbocycles. The summed E-state index contributed by atoms with van der Waals surface area (Å²) in [5.74, 6) is 0.519. The van der Waals surface area contributed by atoms with Gasteiger partial charge in [-0.1, -0.05) is 6.92 Å². The molecule has 0 bridgehead atoms. The highest BCUT2D eigenvalue weighted by atomic mass is 16.5. The Labute approximate surface area is 101 Å². The number of carbonyl (C=O) groups is 1. The quantitative estimate of drug-likeness (QED) is 0.770. The van der Waals surface area contributed by atoms with E-state index in [1.807, 2.05) is 6.92 Å². The van der Waals surface area contributed by atoms with Gasteiger partial charge in [0.25, 0.3) is 5.91 Å². The van der Waals surface area contributed by atoms with Crippen molar-refractivity contribution in [3.63, 3.8) is 0 Å². The molecule has 1 aromatic heterocycles. The lowest BCUT2D eigenvalue weighted by atomic mass is 10.1. The van der Waals surface area contributed by atoms with Gasteiger partial charge in [-0.05, 0) is 18.4 Å². The lowest BCUT2D eigenvalue weighted by molar-refractivity contribution is 0.0942. The number of nitrogens with zero attached hydrogens (tertiary/aromatic N) is 1. The van der Waals surface area contributed by atoms with Crippen molar-refractivity contribution in [3.05, 3.63) is 24.0 Å². The van der Waals surface area contributed by atoms with E-state index in [-0.39, 0.29) is 18.4 Å². The SMILES string of the molecule is COc1cnccc1C(=O)NCC(C)CCO. The van der Waals surface area contributed by atoms with Crippen molar-refractivity contribution in [2.45, 2.75) is 13.3 Å². The number of pyridine rings is 1. The number of nitrogens with one attached hydrogen (secondary N) is 1. The Bertz CT molecular complexity index is 369. The highest BCUT2D eigenvalue weighted by Gasteiger charge is 2.12. The highest BCUT2D eigenvalue weighted by molar-refractivity contribution is 5.96. The van der Waals surface area contributed by atoms with Gasteiger partial charge in [-0.15, -0.1) is 0 Å². The molecule has 1 heterocycles. The van der Waals surface area contributed by atoms with E-state index >= 15 is 0 Å². The molecular weight excluding hydrogens is 220 g/mol. The maximum absolute atomic E-state index is 11.9. The molecule has 0 aliphatic heterocycles. The average molecular weight is 238 g/mol. The summed E-state index contributed by atoms with van der Waals surface area (Å²) < 4.78 is 5.06. The third-order valence-electron chi connectivity index (χ3n) is 2.48. The van der Waals surface area contributed by atoms with E-state index in [0.717, 1.165) is 0 Å². The summed E-state index contributed by atoms with van der Waals surface area (Å²) in [7, 11) is 1.50. The van der Waals surface area contributed by atoms with E-state index in [0.29, 0.717) is 24.3 Å². The molecule has 0 spiro atoms. The van der Waals surface area contributed by atoms with E-state index in [4.69, 9.17) is 9.84 Å². The smallest absolute Gasteiger partial charge is 0.255 e. The molecule has 1 rings (SSSR count). The fourth-order valence-corrected chi connectivity index (χ4v) is 1.41. The minimum atomic E-state index is -0.186. The zero-order chi connectivity index (χ0) is 12.7. The molecule has 5 nitrogen and oxygen atoms in total. The number of rotatable bonds is 6. The second kappa shape index (κ2) is 6.85. The maximum atomic E-state index is 11.9. The molecular formula is C12H18N2O3. The van der Waals surface area contributed by atoms with Gasteiger partial charge >= 0.3 is 0 Å². The number of aliphatic hydroxyl groups excluding tert-OH is 1. The molecule has 0 aliphatic rings. The summed E-state index contributed by atoms with van der Waals surface area (Å²) >= 11 is 0. The van der Waals surface area contributed by atoms with Crippen molar-refractivity contribution in [1.29, 1.82) is 0 Å². The Morgan fingerprint density at radius 1 is 1.65 bits per heavy atom. The van der Waals surface area contributed by atoms with E-state index in [1.54, 1.807) is 12.3 Å². The topological polar surface area (TPSA) is 71.5 Å². The standard InChI is InChI=1S/C12H18N2O3/c1-9(4-6-15)7-14-12(16)10-3-5-13-8-11(10)17-2/h3,5,8-9,15H,4,6-7H2,1-2H3,(H,14,16). The normalized spacial score (nSPS) is 11.9. The largest absolute Gasteiger partial charge is 0.494 e. The molecule has 0 fully saturated rings. The van der Waals surface area contributed by atoms with Crippen LogP contribution < -0.4 is 10.1 Å². The maximum Gasteiger partial charge on any atom is 0.255 e. The number of methoxy groups -OCH3 is 1. The summed E-state index contributed by atoms with van der Waals surface area (Å²) in [6, 6.07) is 1.62. The fraction of sp³-hybridized carbons (Fsp3) is 0.500. The van der Waals surface area contributed by atoms with Gasteiger partial charge in [0.2, 0.25) is 0 Å². The molecule has 1 aromatic rings. The van der Waals surface area contributed by atoms with Gasteiger partial charge in [0.1, 0.15) is 5.75 Å². The lowest BCUT2D eigenvalue weighted by Crippen LogP contribution is -2.29. The van der Waals surface area contributed by atoms with E-state index in [2.05, 4.69) is 10.3 Å². The molecule has 94 valence electrons. The van der Waals surface area contributed by atoms with Gasteiger partial charge in [0.05, 0.1) is 18.9 Å². The first-order valence-corrected chi connectivity index (χ1v) is 5.56. The van der Waals surface area contributed by atoms with Gasteiger partial charge < -0.3 is 15.2 Å². The second-order valence-electron chi connectivity index (χ2n) is 3.90. The Kier molecular flexibility index (Phi) is 5.42. The molecule has 1 atom stereocenters. The summed E-state index contributed by atoms with van der Waals surface area (Å²) in [4.78, 5) is 15.7. The van der Waals surface area contributed by atoms with Crippen molar-refractivity contribution >= 4 is 5.91 Å². The highest BCUT2D eigenvalue weighted by Crippen LogP contribution is 2.15. The summed E-state index contributed by atoms with van der Waals surface area (Å²) in [6.45, 7) is 2.64. The van der Waals surface area contributed by atoms with Crippen LogP contribution >= 0.6 is 0 Å². The van der Waals surface area contributed by atoms with E-state index in [9.17, 15) is 4.79 Å². The second-order valence-corrected chi connectivity index (χ2v) is 3.90. The van der Waals surface area contributed by atoms with Gasteiger partial charge in [0.15, 0.2) is 0 Å². The summed E-state index contributed by atoms with van der Waals surface area (Å²) in [6.07, 6.45) is 3.73. The van der Waals surface area contributed by atoms with E-state index in [1.165, 1.54) is 13.3 Å². The number of aromatic nitrogens is 1. The molecule has 17 heavy (non-hydrogen) atoms. The zero-order valence-corrected chi connectivity index (χ0v) is 10.1. The van der Waals surface area contributed by atoms with Crippen molar-refractivity contribution in [3.8, 4) is 5.75 Å². The molecule has 0 aliphatic carbocycles. The van der Waals surface area contributed by atoms with Crippen LogP contribution in [0.4, 0.5) is 0 Å². The fourth-order valence-electron chi connectivity index (χ4n) is 1.41. The number of hydrogen-bond donors (Lipinski definition) is 2. The first kappa shape index (κ1) is 13.4. The van der Waals surface area contributed by atoms with Crippen molar-refractivity contribution in [2.24, 2.45) is 5.92 Å². The van der Waals surface area contributed by atoms with Gasteiger partial charge in [0, 0.05) is 19.3 Å². The summed E-state index contributed by atoms with van der Waals surface area (Å²) in [5, 5.41) is 11.6. The number of hydrogen-bond acceptors (Lipinski definition) is 4. The van der Waals surface area contributed by atoms with Crippen LogP contribution in [0.25, 0.3) is 0 Å². The van der Waals surface area contributed by atoms with Crippen LogP contribution in [-0.4, -0.2) is 36.3 Å². The first-order chi connectivity index (χ1) is 8.19. The lowest BCUT2D eigenvalue weighted by Gasteiger charge is -2.12. The Morgan fingerprint density at radius 3 is 3.06 bits per heavy atom. The van der Waals surface area contributed by atoms with Gasteiger partial charge in [-0.3, -0.25) is 9.78 Å². The number of aliphatic hydroxyl groups is 1. The number of ether oxygens (including phenoxy) is 1. The van der Waals surface area contributed by atoms with Crippen LogP contribution in [0.15, 0.2) is 18.5 Å². The minimum absolute atomic E-state index is 0.135. The first-order valence-electron chi connectivity index (χ1n) is 5.56. The molecule has 1 unspecified atom stereocenters.